The second kappa shape index (κ2) is 6.81. The summed E-state index contributed by atoms with van der Waals surface area (Å²) in [5, 5.41) is 11.8. The highest BCUT2D eigenvalue weighted by atomic mass is 19.1. The number of piperidine rings is 1. The van der Waals surface area contributed by atoms with Crippen molar-refractivity contribution in [3.63, 3.8) is 0 Å². The molecule has 1 fully saturated rings. The Morgan fingerprint density at radius 2 is 2.20 bits per heavy atom. The summed E-state index contributed by atoms with van der Waals surface area (Å²) in [6.07, 6.45) is 1.82. The number of aliphatic hydroxyl groups is 1. The number of nitrogens with one attached hydrogen (secondary N) is 1. The van der Waals surface area contributed by atoms with Gasteiger partial charge in [0.05, 0.1) is 6.04 Å². The van der Waals surface area contributed by atoms with Gasteiger partial charge in [-0.15, -0.1) is 0 Å². The summed E-state index contributed by atoms with van der Waals surface area (Å²) in [6.45, 7) is 3.69. The van der Waals surface area contributed by atoms with Crippen molar-refractivity contribution in [2.24, 2.45) is 5.92 Å². The molecule has 1 aliphatic heterocycles. The minimum Gasteiger partial charge on any atom is -0.396 e. The van der Waals surface area contributed by atoms with E-state index in [1.807, 2.05) is 6.92 Å². The van der Waals surface area contributed by atoms with Crippen LogP contribution in [-0.2, 0) is 4.79 Å². The number of carbonyl (C=O) groups excluding carboxylic acids is 1. The zero-order valence-corrected chi connectivity index (χ0v) is 11.7. The molecule has 0 spiro atoms. The maximum absolute atomic E-state index is 13.1. The van der Waals surface area contributed by atoms with Crippen molar-refractivity contribution >= 4 is 11.6 Å². The third-order valence-corrected chi connectivity index (χ3v) is 3.93. The normalized spacial score (nSPS) is 18.8. The monoisotopic (exact) mass is 280 g/mol. The number of amides is 1. The van der Waals surface area contributed by atoms with Gasteiger partial charge in [0.2, 0.25) is 5.91 Å². The summed E-state index contributed by atoms with van der Waals surface area (Å²) in [6, 6.07) is 5.65. The van der Waals surface area contributed by atoms with Gasteiger partial charge in [0.1, 0.15) is 5.82 Å². The van der Waals surface area contributed by atoms with E-state index in [2.05, 4.69) is 10.2 Å². The summed E-state index contributed by atoms with van der Waals surface area (Å²) >= 11 is 0. The number of benzene rings is 1. The smallest absolute Gasteiger partial charge is 0.241 e. The predicted molar refractivity (Wildman–Crippen MR) is 75.9 cm³/mol. The minimum atomic E-state index is -0.362. The summed E-state index contributed by atoms with van der Waals surface area (Å²) < 4.78 is 13.1. The fraction of sp³-hybridized carbons (Fsp3) is 0.533. The topological polar surface area (TPSA) is 52.6 Å². The summed E-state index contributed by atoms with van der Waals surface area (Å²) in [5.74, 6) is -0.137. The number of carbonyl (C=O) groups is 1. The van der Waals surface area contributed by atoms with Crippen molar-refractivity contribution in [1.82, 2.24) is 4.90 Å². The molecule has 1 saturated heterocycles. The first-order valence-electron chi connectivity index (χ1n) is 7.01. The molecular formula is C15H21FN2O2. The lowest BCUT2D eigenvalue weighted by molar-refractivity contribution is -0.121. The van der Waals surface area contributed by atoms with Crippen LogP contribution in [0.2, 0.25) is 0 Å². The Morgan fingerprint density at radius 1 is 1.50 bits per heavy atom. The molecule has 1 amide bonds. The Morgan fingerprint density at radius 3 is 2.80 bits per heavy atom. The van der Waals surface area contributed by atoms with Crippen LogP contribution in [0.25, 0.3) is 0 Å². The minimum absolute atomic E-state index is 0.127. The molecule has 1 atom stereocenters. The molecule has 1 unspecified atom stereocenters. The van der Waals surface area contributed by atoms with Crippen molar-refractivity contribution in [1.29, 1.82) is 0 Å². The maximum atomic E-state index is 13.1. The Bertz CT molecular complexity index is 459. The van der Waals surface area contributed by atoms with Crippen LogP contribution < -0.4 is 5.32 Å². The van der Waals surface area contributed by atoms with E-state index < -0.39 is 0 Å². The first-order chi connectivity index (χ1) is 9.60. The van der Waals surface area contributed by atoms with Gasteiger partial charge in [-0.3, -0.25) is 9.69 Å². The van der Waals surface area contributed by atoms with Crippen molar-refractivity contribution < 1.29 is 14.3 Å². The molecule has 0 aromatic heterocycles. The molecule has 2 N–H and O–H groups in total. The van der Waals surface area contributed by atoms with E-state index in [0.717, 1.165) is 25.9 Å². The van der Waals surface area contributed by atoms with E-state index in [4.69, 9.17) is 5.11 Å². The molecule has 1 aromatic rings. The fourth-order valence-corrected chi connectivity index (χ4v) is 2.50. The molecular weight excluding hydrogens is 259 g/mol. The quantitative estimate of drug-likeness (QED) is 0.885. The molecule has 20 heavy (non-hydrogen) atoms. The molecule has 2 rings (SSSR count). The standard InChI is InChI=1S/C15H21FN2O2/c1-11(18-7-5-12(10-19)6-8-18)15(20)17-14-4-2-3-13(16)9-14/h2-4,9,11-12,19H,5-8,10H2,1H3,(H,17,20). The van der Waals surface area contributed by atoms with Gasteiger partial charge in [-0.25, -0.2) is 4.39 Å². The zero-order chi connectivity index (χ0) is 14.5. The van der Waals surface area contributed by atoms with Crippen LogP contribution in [-0.4, -0.2) is 41.7 Å². The molecule has 1 heterocycles. The SMILES string of the molecule is CC(C(=O)Nc1cccc(F)c1)N1CCC(CO)CC1. The van der Waals surface area contributed by atoms with Gasteiger partial charge < -0.3 is 10.4 Å². The average Bonchev–Trinajstić information content (AvgIpc) is 2.46. The highest BCUT2D eigenvalue weighted by Gasteiger charge is 2.26. The second-order valence-corrected chi connectivity index (χ2v) is 5.34. The fourth-order valence-electron chi connectivity index (χ4n) is 2.50. The van der Waals surface area contributed by atoms with E-state index in [0.29, 0.717) is 11.6 Å². The van der Waals surface area contributed by atoms with Crippen molar-refractivity contribution in [2.75, 3.05) is 25.0 Å². The van der Waals surface area contributed by atoms with Gasteiger partial charge in [0, 0.05) is 12.3 Å². The number of likely N-dealkylation sites (tertiary alicyclic amines) is 1. The molecule has 0 bridgehead atoms. The molecule has 0 radical (unpaired) electrons. The van der Waals surface area contributed by atoms with Gasteiger partial charge in [0.25, 0.3) is 0 Å². The number of halogens is 1. The lowest BCUT2D eigenvalue weighted by Gasteiger charge is -2.34. The van der Waals surface area contributed by atoms with Crippen LogP contribution in [0.1, 0.15) is 19.8 Å². The number of anilines is 1. The van der Waals surface area contributed by atoms with Crippen LogP contribution in [0.4, 0.5) is 10.1 Å². The van der Waals surface area contributed by atoms with Crippen LogP contribution in [0, 0.1) is 11.7 Å². The first-order valence-corrected chi connectivity index (χ1v) is 7.01. The lowest BCUT2D eigenvalue weighted by Crippen LogP contribution is -2.46. The van der Waals surface area contributed by atoms with Gasteiger partial charge in [-0.1, -0.05) is 6.07 Å². The zero-order valence-electron chi connectivity index (χ0n) is 11.7. The summed E-state index contributed by atoms with van der Waals surface area (Å²) in [4.78, 5) is 14.2. The van der Waals surface area contributed by atoms with Gasteiger partial charge in [0.15, 0.2) is 0 Å². The lowest BCUT2D eigenvalue weighted by atomic mass is 9.97. The highest BCUT2D eigenvalue weighted by Crippen LogP contribution is 2.19. The Kier molecular flexibility index (Phi) is 5.09. The van der Waals surface area contributed by atoms with E-state index in [1.165, 1.54) is 12.1 Å². The number of rotatable bonds is 4. The summed E-state index contributed by atoms with van der Waals surface area (Å²) in [5.41, 5.74) is 0.479. The number of aliphatic hydroxyl groups excluding tert-OH is 1. The molecule has 110 valence electrons. The highest BCUT2D eigenvalue weighted by molar-refractivity contribution is 5.94. The van der Waals surface area contributed by atoms with E-state index in [9.17, 15) is 9.18 Å². The largest absolute Gasteiger partial charge is 0.396 e. The van der Waals surface area contributed by atoms with Gasteiger partial charge in [-0.2, -0.15) is 0 Å². The van der Waals surface area contributed by atoms with Crippen molar-refractivity contribution in [2.45, 2.75) is 25.8 Å². The van der Waals surface area contributed by atoms with E-state index in [1.54, 1.807) is 12.1 Å². The molecule has 4 nitrogen and oxygen atoms in total. The molecule has 0 aliphatic carbocycles. The second-order valence-electron chi connectivity index (χ2n) is 5.34. The van der Waals surface area contributed by atoms with E-state index in [-0.39, 0.29) is 24.4 Å². The van der Waals surface area contributed by atoms with Gasteiger partial charge in [-0.05, 0) is 57.0 Å². The maximum Gasteiger partial charge on any atom is 0.241 e. The third-order valence-electron chi connectivity index (χ3n) is 3.93. The van der Waals surface area contributed by atoms with Crippen molar-refractivity contribution in [3.8, 4) is 0 Å². The van der Waals surface area contributed by atoms with Crippen LogP contribution in [0.15, 0.2) is 24.3 Å². The number of nitrogens with zero attached hydrogens (tertiary/aromatic N) is 1. The Balaban J connectivity index is 1.89. The van der Waals surface area contributed by atoms with Crippen molar-refractivity contribution in [3.05, 3.63) is 30.1 Å². The van der Waals surface area contributed by atoms with Crippen LogP contribution in [0.3, 0.4) is 0 Å². The van der Waals surface area contributed by atoms with Gasteiger partial charge >= 0.3 is 0 Å². The van der Waals surface area contributed by atoms with Crippen LogP contribution in [0.5, 0.6) is 0 Å². The third kappa shape index (κ3) is 3.77. The first kappa shape index (κ1) is 14.9. The number of hydrogen-bond donors (Lipinski definition) is 2. The summed E-state index contributed by atoms with van der Waals surface area (Å²) in [7, 11) is 0. The average molecular weight is 280 g/mol. The molecule has 1 aromatic carbocycles. The van der Waals surface area contributed by atoms with E-state index >= 15 is 0 Å². The predicted octanol–water partition coefficient (Wildman–Crippen LogP) is 1.86. The van der Waals surface area contributed by atoms with Crippen LogP contribution >= 0.6 is 0 Å². The molecule has 5 heteroatoms. The Labute approximate surface area is 118 Å². The number of hydrogen-bond acceptors (Lipinski definition) is 3. The Hall–Kier alpha value is -1.46. The molecule has 0 saturated carbocycles. The molecule has 1 aliphatic rings.